The van der Waals surface area contributed by atoms with E-state index in [1.807, 2.05) is 0 Å². The van der Waals surface area contributed by atoms with Crippen LogP contribution in [0, 0.1) is 16.7 Å². The maximum atomic E-state index is 4.18. The highest BCUT2D eigenvalue weighted by atomic mass is 14.7. The Kier molecular flexibility index (Phi) is 1.16. The van der Waals surface area contributed by atoms with E-state index >= 15 is 0 Å². The van der Waals surface area contributed by atoms with Gasteiger partial charge in [-0.2, -0.15) is 0 Å². The number of hydrogen-bond donors (Lipinski definition) is 0. The van der Waals surface area contributed by atoms with E-state index in [2.05, 4.69) is 27.4 Å². The van der Waals surface area contributed by atoms with Gasteiger partial charge in [0.1, 0.15) is 0 Å². The standard InChI is InChI=1S/C11H18/c1-8(2)11-6-5-9(3)10(11,4)7-11/h8H,3,5-7H2,1-2,4H3/t10-,11-/m1/s1. The molecular formula is C11H18. The molecule has 0 aromatic rings. The van der Waals surface area contributed by atoms with Gasteiger partial charge >= 0.3 is 0 Å². The molecule has 2 rings (SSSR count). The summed E-state index contributed by atoms with van der Waals surface area (Å²) in [5.41, 5.74) is 2.73. The van der Waals surface area contributed by atoms with Crippen molar-refractivity contribution in [3.8, 4) is 0 Å². The van der Waals surface area contributed by atoms with Crippen molar-refractivity contribution in [1.82, 2.24) is 0 Å². The predicted octanol–water partition coefficient (Wildman–Crippen LogP) is 3.39. The van der Waals surface area contributed by atoms with E-state index in [1.165, 1.54) is 24.8 Å². The molecule has 0 aromatic heterocycles. The maximum absolute atomic E-state index is 4.18. The van der Waals surface area contributed by atoms with Gasteiger partial charge in [-0.1, -0.05) is 32.9 Å². The van der Waals surface area contributed by atoms with Crippen LogP contribution in [0.25, 0.3) is 0 Å². The van der Waals surface area contributed by atoms with Gasteiger partial charge in [-0.15, -0.1) is 0 Å². The summed E-state index contributed by atoms with van der Waals surface area (Å²) in [4.78, 5) is 0. The fourth-order valence-corrected chi connectivity index (χ4v) is 3.21. The second-order valence-electron chi connectivity index (χ2n) is 4.92. The first-order valence-electron chi connectivity index (χ1n) is 4.71. The molecule has 0 radical (unpaired) electrons. The fourth-order valence-electron chi connectivity index (χ4n) is 3.21. The van der Waals surface area contributed by atoms with Crippen LogP contribution in [0.4, 0.5) is 0 Å². The molecule has 0 aliphatic heterocycles. The Morgan fingerprint density at radius 3 is 2.27 bits per heavy atom. The molecule has 0 unspecified atom stereocenters. The van der Waals surface area contributed by atoms with Gasteiger partial charge in [0.05, 0.1) is 0 Å². The van der Waals surface area contributed by atoms with E-state index in [4.69, 9.17) is 0 Å². The van der Waals surface area contributed by atoms with Crippen LogP contribution in [-0.4, -0.2) is 0 Å². The van der Waals surface area contributed by atoms with E-state index in [0.29, 0.717) is 10.8 Å². The van der Waals surface area contributed by atoms with Crippen LogP contribution in [-0.2, 0) is 0 Å². The average molecular weight is 150 g/mol. The van der Waals surface area contributed by atoms with Gasteiger partial charge in [0.25, 0.3) is 0 Å². The third-order valence-electron chi connectivity index (χ3n) is 4.40. The normalized spacial score (nSPS) is 48.2. The number of hydrogen-bond acceptors (Lipinski definition) is 0. The summed E-state index contributed by atoms with van der Waals surface area (Å²) in [5.74, 6) is 0.853. The van der Waals surface area contributed by atoms with Crippen molar-refractivity contribution in [2.75, 3.05) is 0 Å². The molecule has 2 saturated carbocycles. The van der Waals surface area contributed by atoms with Crippen LogP contribution < -0.4 is 0 Å². The van der Waals surface area contributed by atoms with E-state index in [1.54, 1.807) is 0 Å². The SMILES string of the molecule is C=C1CC[C@]2(C(C)C)C[C@]12C. The lowest BCUT2D eigenvalue weighted by atomic mass is 9.86. The minimum Gasteiger partial charge on any atom is -0.0993 e. The molecule has 0 heteroatoms. The molecule has 0 heterocycles. The highest BCUT2D eigenvalue weighted by molar-refractivity contribution is 5.34. The average Bonchev–Trinajstić information content (AvgIpc) is 2.47. The molecule has 0 bridgehead atoms. The molecular weight excluding hydrogens is 132 g/mol. The van der Waals surface area contributed by atoms with Crippen molar-refractivity contribution >= 4 is 0 Å². The number of allylic oxidation sites excluding steroid dienone is 1. The largest absolute Gasteiger partial charge is 0.0993 e. The molecule has 0 amide bonds. The zero-order valence-corrected chi connectivity index (χ0v) is 7.91. The molecule has 0 N–H and O–H groups in total. The van der Waals surface area contributed by atoms with Gasteiger partial charge < -0.3 is 0 Å². The van der Waals surface area contributed by atoms with Crippen LogP contribution in [0.15, 0.2) is 12.2 Å². The minimum atomic E-state index is 0.543. The quantitative estimate of drug-likeness (QED) is 0.503. The number of fused-ring (bicyclic) bond motifs is 1. The van der Waals surface area contributed by atoms with E-state index in [0.717, 1.165) is 5.92 Å². The molecule has 0 nitrogen and oxygen atoms in total. The van der Waals surface area contributed by atoms with Crippen LogP contribution in [0.3, 0.4) is 0 Å². The number of rotatable bonds is 1. The summed E-state index contributed by atoms with van der Waals surface area (Å²) in [6.45, 7) is 11.3. The molecule has 0 aromatic carbocycles. The predicted molar refractivity (Wildman–Crippen MR) is 48.4 cm³/mol. The topological polar surface area (TPSA) is 0 Å². The molecule has 11 heavy (non-hydrogen) atoms. The third-order valence-corrected chi connectivity index (χ3v) is 4.40. The lowest BCUT2D eigenvalue weighted by Gasteiger charge is -2.19. The lowest BCUT2D eigenvalue weighted by molar-refractivity contribution is 0.311. The molecule has 2 aliphatic rings. The maximum Gasteiger partial charge on any atom is -0.00541 e. The monoisotopic (exact) mass is 150 g/mol. The molecule has 2 fully saturated rings. The van der Waals surface area contributed by atoms with E-state index in [9.17, 15) is 0 Å². The summed E-state index contributed by atoms with van der Waals surface area (Å²) in [5, 5.41) is 0. The van der Waals surface area contributed by atoms with Gasteiger partial charge in [-0.25, -0.2) is 0 Å². The van der Waals surface area contributed by atoms with Crippen molar-refractivity contribution in [1.29, 1.82) is 0 Å². The van der Waals surface area contributed by atoms with Gasteiger partial charge in [0.15, 0.2) is 0 Å². The zero-order chi connectivity index (χ0) is 8.28. The van der Waals surface area contributed by atoms with Crippen LogP contribution >= 0.6 is 0 Å². The Labute approximate surface area is 69.7 Å². The van der Waals surface area contributed by atoms with Gasteiger partial charge in [0.2, 0.25) is 0 Å². The van der Waals surface area contributed by atoms with Crippen molar-refractivity contribution < 1.29 is 0 Å². The highest BCUT2D eigenvalue weighted by Crippen LogP contribution is 2.77. The third kappa shape index (κ3) is 0.617. The Bertz CT molecular complexity index is 210. The Hall–Kier alpha value is -0.260. The van der Waals surface area contributed by atoms with Crippen molar-refractivity contribution in [3.05, 3.63) is 12.2 Å². The fraction of sp³-hybridized carbons (Fsp3) is 0.818. The smallest absolute Gasteiger partial charge is 0.00541 e. The van der Waals surface area contributed by atoms with Crippen LogP contribution in [0.1, 0.15) is 40.0 Å². The molecule has 62 valence electrons. The van der Waals surface area contributed by atoms with Gasteiger partial charge in [0, 0.05) is 0 Å². The summed E-state index contributed by atoms with van der Waals surface area (Å²) < 4.78 is 0. The molecule has 2 aliphatic carbocycles. The summed E-state index contributed by atoms with van der Waals surface area (Å²) in [6, 6.07) is 0. The first-order valence-corrected chi connectivity index (χ1v) is 4.71. The van der Waals surface area contributed by atoms with E-state index < -0.39 is 0 Å². The van der Waals surface area contributed by atoms with Crippen LogP contribution in [0.5, 0.6) is 0 Å². The first kappa shape index (κ1) is 7.39. The van der Waals surface area contributed by atoms with Crippen molar-refractivity contribution in [2.45, 2.75) is 40.0 Å². The first-order chi connectivity index (χ1) is 5.03. The van der Waals surface area contributed by atoms with Crippen molar-refractivity contribution in [3.63, 3.8) is 0 Å². The minimum absolute atomic E-state index is 0.543. The van der Waals surface area contributed by atoms with Gasteiger partial charge in [-0.3, -0.25) is 0 Å². The summed E-state index contributed by atoms with van der Waals surface area (Å²) in [7, 11) is 0. The van der Waals surface area contributed by atoms with Gasteiger partial charge in [-0.05, 0) is 36.0 Å². The Morgan fingerprint density at radius 1 is 1.45 bits per heavy atom. The lowest BCUT2D eigenvalue weighted by Crippen LogP contribution is -2.12. The summed E-state index contributed by atoms with van der Waals surface area (Å²) in [6.07, 6.45) is 4.10. The Morgan fingerprint density at radius 2 is 2.09 bits per heavy atom. The van der Waals surface area contributed by atoms with Crippen LogP contribution in [0.2, 0.25) is 0 Å². The molecule has 2 atom stereocenters. The second kappa shape index (κ2) is 1.73. The Balaban J connectivity index is 2.30. The summed E-state index contributed by atoms with van der Waals surface area (Å²) >= 11 is 0. The zero-order valence-electron chi connectivity index (χ0n) is 7.91. The molecule has 0 spiro atoms. The highest BCUT2D eigenvalue weighted by Gasteiger charge is 2.69. The molecule has 0 saturated heterocycles. The second-order valence-corrected chi connectivity index (χ2v) is 4.92. The van der Waals surface area contributed by atoms with E-state index in [-0.39, 0.29) is 0 Å². The van der Waals surface area contributed by atoms with Crippen molar-refractivity contribution in [2.24, 2.45) is 16.7 Å².